The molecule has 0 saturated carbocycles. The van der Waals surface area contributed by atoms with Crippen LogP contribution in [0.2, 0.25) is 5.02 Å². The molecule has 1 saturated heterocycles. The zero-order valence-corrected chi connectivity index (χ0v) is 11.7. The summed E-state index contributed by atoms with van der Waals surface area (Å²) in [6.45, 7) is 0.422. The van der Waals surface area contributed by atoms with E-state index in [1.165, 1.54) is 22.5 Å². The summed E-state index contributed by atoms with van der Waals surface area (Å²) in [5.74, 6) is 0. The van der Waals surface area contributed by atoms with Crippen molar-refractivity contribution < 1.29 is 18.3 Å². The number of halogens is 1. The third-order valence-electron chi connectivity index (χ3n) is 2.91. The summed E-state index contributed by atoms with van der Waals surface area (Å²) < 4.78 is 31.3. The van der Waals surface area contributed by atoms with Crippen molar-refractivity contribution in [2.75, 3.05) is 32.0 Å². The summed E-state index contributed by atoms with van der Waals surface area (Å²) in [6, 6.07) is 4.20. The number of rotatable bonds is 3. The van der Waals surface area contributed by atoms with Crippen molar-refractivity contribution in [3.05, 3.63) is 23.2 Å². The van der Waals surface area contributed by atoms with Gasteiger partial charge in [0.15, 0.2) is 0 Å². The van der Waals surface area contributed by atoms with Gasteiger partial charge in [-0.3, -0.25) is 0 Å². The molecule has 1 heterocycles. The number of nitrogen functional groups attached to an aromatic ring is 1. The minimum absolute atomic E-state index is 0.0907. The summed E-state index contributed by atoms with van der Waals surface area (Å²) in [5.41, 5.74) is 5.84. The zero-order chi connectivity index (χ0) is 14.0. The average Bonchev–Trinajstić information content (AvgIpc) is 2.41. The van der Waals surface area contributed by atoms with Crippen LogP contribution in [0.3, 0.4) is 0 Å². The highest BCUT2D eigenvalue weighted by atomic mass is 35.5. The number of aliphatic hydroxyl groups is 1. The molecule has 1 aliphatic heterocycles. The molecule has 1 aliphatic rings. The molecule has 19 heavy (non-hydrogen) atoms. The van der Waals surface area contributed by atoms with E-state index in [-0.39, 0.29) is 36.9 Å². The second kappa shape index (κ2) is 5.64. The SMILES string of the molecule is Nc1cc(S(=O)(=O)N2CCOC(CO)C2)ccc1Cl. The Morgan fingerprint density at radius 2 is 2.26 bits per heavy atom. The van der Waals surface area contributed by atoms with E-state index in [0.29, 0.717) is 5.02 Å². The van der Waals surface area contributed by atoms with Crippen molar-refractivity contribution in [2.24, 2.45) is 0 Å². The first-order valence-corrected chi connectivity index (χ1v) is 7.54. The van der Waals surface area contributed by atoms with Crippen molar-refractivity contribution in [1.29, 1.82) is 0 Å². The minimum Gasteiger partial charge on any atom is -0.397 e. The quantitative estimate of drug-likeness (QED) is 0.784. The van der Waals surface area contributed by atoms with Crippen LogP contribution in [0.1, 0.15) is 0 Å². The number of nitrogens with two attached hydrogens (primary N) is 1. The largest absolute Gasteiger partial charge is 0.397 e. The van der Waals surface area contributed by atoms with Crippen LogP contribution in [0.15, 0.2) is 23.1 Å². The Balaban J connectivity index is 2.28. The summed E-state index contributed by atoms with van der Waals surface area (Å²) in [4.78, 5) is 0.0907. The smallest absolute Gasteiger partial charge is 0.243 e. The third-order valence-corrected chi connectivity index (χ3v) is 5.12. The van der Waals surface area contributed by atoms with Crippen molar-refractivity contribution in [1.82, 2.24) is 4.31 Å². The van der Waals surface area contributed by atoms with Gasteiger partial charge in [-0.25, -0.2) is 8.42 Å². The summed E-state index contributed by atoms with van der Waals surface area (Å²) in [5, 5.41) is 9.36. The Morgan fingerprint density at radius 3 is 2.89 bits per heavy atom. The van der Waals surface area contributed by atoms with Gasteiger partial charge in [-0.15, -0.1) is 0 Å². The van der Waals surface area contributed by atoms with Crippen molar-refractivity contribution in [2.45, 2.75) is 11.0 Å². The average molecular weight is 307 g/mol. The first kappa shape index (κ1) is 14.5. The number of hydrogen-bond acceptors (Lipinski definition) is 5. The van der Waals surface area contributed by atoms with Gasteiger partial charge in [0.2, 0.25) is 10.0 Å². The van der Waals surface area contributed by atoms with Gasteiger partial charge in [-0.05, 0) is 18.2 Å². The predicted octanol–water partition coefficient (Wildman–Crippen LogP) is 0.304. The Hall–Kier alpha value is -0.860. The molecule has 0 spiro atoms. The number of anilines is 1. The van der Waals surface area contributed by atoms with E-state index < -0.39 is 16.1 Å². The van der Waals surface area contributed by atoms with Gasteiger partial charge < -0.3 is 15.6 Å². The topological polar surface area (TPSA) is 92.9 Å². The van der Waals surface area contributed by atoms with Crippen LogP contribution >= 0.6 is 11.6 Å². The van der Waals surface area contributed by atoms with Crippen LogP contribution in [0.5, 0.6) is 0 Å². The molecule has 0 radical (unpaired) electrons. The molecule has 6 nitrogen and oxygen atoms in total. The van der Waals surface area contributed by atoms with E-state index in [9.17, 15) is 8.42 Å². The molecule has 8 heteroatoms. The zero-order valence-electron chi connectivity index (χ0n) is 10.1. The number of sulfonamides is 1. The van der Waals surface area contributed by atoms with Gasteiger partial charge in [-0.2, -0.15) is 4.31 Å². The maximum absolute atomic E-state index is 12.4. The lowest BCUT2D eigenvalue weighted by Crippen LogP contribution is -2.46. The normalized spacial score (nSPS) is 21.5. The maximum atomic E-state index is 12.4. The Labute approximate surface area is 116 Å². The molecule has 0 bridgehead atoms. The van der Waals surface area contributed by atoms with E-state index >= 15 is 0 Å². The monoisotopic (exact) mass is 306 g/mol. The number of aliphatic hydroxyl groups excluding tert-OH is 1. The van der Waals surface area contributed by atoms with Gasteiger partial charge in [0.25, 0.3) is 0 Å². The second-order valence-corrected chi connectivity index (χ2v) is 6.57. The lowest BCUT2D eigenvalue weighted by Gasteiger charge is -2.31. The molecule has 1 atom stereocenters. The highest BCUT2D eigenvalue weighted by Gasteiger charge is 2.30. The van der Waals surface area contributed by atoms with Gasteiger partial charge >= 0.3 is 0 Å². The Morgan fingerprint density at radius 1 is 1.53 bits per heavy atom. The summed E-state index contributed by atoms with van der Waals surface area (Å²) >= 11 is 5.78. The van der Waals surface area contributed by atoms with Crippen LogP contribution < -0.4 is 5.73 Å². The number of ether oxygens (including phenoxy) is 1. The van der Waals surface area contributed by atoms with E-state index in [1.807, 2.05) is 0 Å². The Kier molecular flexibility index (Phi) is 4.32. The van der Waals surface area contributed by atoms with Gasteiger partial charge in [-0.1, -0.05) is 11.6 Å². The number of benzene rings is 1. The summed E-state index contributed by atoms with van der Waals surface area (Å²) in [6.07, 6.45) is -0.492. The highest BCUT2D eigenvalue weighted by molar-refractivity contribution is 7.89. The van der Waals surface area contributed by atoms with Crippen molar-refractivity contribution in [3.8, 4) is 0 Å². The van der Waals surface area contributed by atoms with E-state index in [2.05, 4.69) is 0 Å². The fourth-order valence-corrected chi connectivity index (χ4v) is 3.46. The van der Waals surface area contributed by atoms with Gasteiger partial charge in [0, 0.05) is 13.1 Å². The van der Waals surface area contributed by atoms with Crippen LogP contribution in [0, 0.1) is 0 Å². The Bertz CT molecular complexity index is 564. The van der Waals surface area contributed by atoms with E-state index in [4.69, 9.17) is 27.2 Å². The third kappa shape index (κ3) is 3.01. The molecule has 0 aliphatic carbocycles. The van der Waals surface area contributed by atoms with Crippen LogP contribution in [-0.4, -0.2) is 50.2 Å². The molecule has 1 unspecified atom stereocenters. The molecular formula is C11H15ClN2O4S. The first-order valence-electron chi connectivity index (χ1n) is 5.73. The van der Waals surface area contributed by atoms with Crippen molar-refractivity contribution >= 4 is 27.3 Å². The molecule has 106 valence electrons. The lowest BCUT2D eigenvalue weighted by molar-refractivity contribution is -0.0304. The highest BCUT2D eigenvalue weighted by Crippen LogP contribution is 2.25. The molecule has 2 rings (SSSR count). The first-order chi connectivity index (χ1) is 8.95. The molecule has 0 amide bonds. The number of morpholine rings is 1. The standard InChI is InChI=1S/C11H15ClN2O4S/c12-10-2-1-9(5-11(10)13)19(16,17)14-3-4-18-8(6-14)7-15/h1-2,5,8,15H,3-4,6-7,13H2. The van der Waals surface area contributed by atoms with Crippen LogP contribution in [0.25, 0.3) is 0 Å². The fourth-order valence-electron chi connectivity index (χ4n) is 1.85. The maximum Gasteiger partial charge on any atom is 0.243 e. The molecule has 1 aromatic rings. The molecule has 1 fully saturated rings. The number of hydrogen-bond donors (Lipinski definition) is 2. The molecule has 0 aromatic heterocycles. The predicted molar refractivity (Wildman–Crippen MR) is 71.4 cm³/mol. The molecule has 1 aromatic carbocycles. The summed E-state index contributed by atoms with van der Waals surface area (Å²) in [7, 11) is -3.64. The lowest BCUT2D eigenvalue weighted by atomic mass is 10.3. The van der Waals surface area contributed by atoms with Gasteiger partial charge in [0.05, 0.1) is 34.9 Å². The van der Waals surface area contributed by atoms with E-state index in [1.54, 1.807) is 0 Å². The minimum atomic E-state index is -3.64. The van der Waals surface area contributed by atoms with E-state index in [0.717, 1.165) is 0 Å². The van der Waals surface area contributed by atoms with Crippen LogP contribution in [0.4, 0.5) is 5.69 Å². The van der Waals surface area contributed by atoms with Crippen LogP contribution in [-0.2, 0) is 14.8 Å². The molecule has 3 N–H and O–H groups in total. The second-order valence-electron chi connectivity index (χ2n) is 4.22. The molecular weight excluding hydrogens is 292 g/mol. The number of nitrogens with zero attached hydrogens (tertiary/aromatic N) is 1. The fraction of sp³-hybridized carbons (Fsp3) is 0.455. The van der Waals surface area contributed by atoms with Gasteiger partial charge in [0.1, 0.15) is 0 Å². The van der Waals surface area contributed by atoms with Crippen molar-refractivity contribution in [3.63, 3.8) is 0 Å².